The van der Waals surface area contributed by atoms with Crippen molar-refractivity contribution in [3.63, 3.8) is 0 Å². The molecule has 7 heteroatoms. The fourth-order valence-electron chi connectivity index (χ4n) is 1.90. The van der Waals surface area contributed by atoms with Gasteiger partial charge in [-0.3, -0.25) is 0 Å². The largest absolute Gasteiger partial charge is 0.418 e. The molecule has 2 rings (SSSR count). The summed E-state index contributed by atoms with van der Waals surface area (Å²) in [6.07, 6.45) is -0.453. The first-order chi connectivity index (χ1) is 9.38. The van der Waals surface area contributed by atoms with Gasteiger partial charge in [-0.05, 0) is 18.2 Å². The number of aromatic nitrogens is 2. The Labute approximate surface area is 114 Å². The summed E-state index contributed by atoms with van der Waals surface area (Å²) in [5.41, 5.74) is 4.77. The molecule has 0 spiro atoms. The lowest BCUT2D eigenvalue weighted by atomic mass is 10.1. The maximum atomic E-state index is 12.9. The average Bonchev–Trinajstić information content (AvgIpc) is 2.76. The molecule has 1 aromatic heterocycles. The molecule has 0 unspecified atom stereocenters. The fraction of sp³-hybridized carbons (Fsp3) is 0.308. The van der Waals surface area contributed by atoms with E-state index in [4.69, 9.17) is 5.73 Å². The van der Waals surface area contributed by atoms with Gasteiger partial charge in [0.2, 0.25) is 0 Å². The van der Waals surface area contributed by atoms with E-state index in [0.29, 0.717) is 13.0 Å². The van der Waals surface area contributed by atoms with Gasteiger partial charge in [0.15, 0.2) is 0 Å². The third-order valence-corrected chi connectivity index (χ3v) is 2.93. The molecule has 0 bridgehead atoms. The number of aryl methyl sites for hydroxylation is 1. The summed E-state index contributed by atoms with van der Waals surface area (Å²) in [5, 5.41) is 2.78. The Morgan fingerprint density at radius 1 is 1.35 bits per heavy atom. The number of rotatable bonds is 4. The van der Waals surface area contributed by atoms with Crippen LogP contribution < -0.4 is 11.1 Å². The molecule has 0 aliphatic rings. The van der Waals surface area contributed by atoms with Crippen molar-refractivity contribution in [2.24, 2.45) is 7.05 Å². The second kappa shape index (κ2) is 5.44. The van der Waals surface area contributed by atoms with Crippen LogP contribution in [-0.4, -0.2) is 16.1 Å². The first-order valence-electron chi connectivity index (χ1n) is 6.04. The Morgan fingerprint density at radius 3 is 2.70 bits per heavy atom. The maximum Gasteiger partial charge on any atom is 0.418 e. The van der Waals surface area contributed by atoms with Gasteiger partial charge in [-0.1, -0.05) is 0 Å². The van der Waals surface area contributed by atoms with Crippen molar-refractivity contribution in [3.05, 3.63) is 42.0 Å². The Morgan fingerprint density at radius 2 is 2.10 bits per heavy atom. The Kier molecular flexibility index (Phi) is 3.87. The summed E-state index contributed by atoms with van der Waals surface area (Å²) in [7, 11) is 1.84. The number of hydrogen-bond donors (Lipinski definition) is 2. The highest BCUT2D eigenvalue weighted by Gasteiger charge is 2.33. The maximum absolute atomic E-state index is 12.9. The number of anilines is 2. The number of hydrogen-bond acceptors (Lipinski definition) is 3. The second-order valence-corrected chi connectivity index (χ2v) is 4.43. The van der Waals surface area contributed by atoms with E-state index in [0.717, 1.165) is 11.9 Å². The lowest BCUT2D eigenvalue weighted by Crippen LogP contribution is -2.14. The molecule has 0 fully saturated rings. The van der Waals surface area contributed by atoms with Gasteiger partial charge in [-0.2, -0.15) is 13.2 Å². The Balaban J connectivity index is 2.08. The summed E-state index contributed by atoms with van der Waals surface area (Å²) >= 11 is 0. The molecule has 4 nitrogen and oxygen atoms in total. The highest BCUT2D eigenvalue weighted by molar-refractivity contribution is 5.59. The number of halogens is 3. The molecule has 1 heterocycles. The van der Waals surface area contributed by atoms with Crippen LogP contribution in [0.1, 0.15) is 11.4 Å². The molecule has 0 atom stereocenters. The molecule has 20 heavy (non-hydrogen) atoms. The first-order valence-corrected chi connectivity index (χ1v) is 6.04. The van der Waals surface area contributed by atoms with Crippen LogP contribution in [0.4, 0.5) is 24.5 Å². The summed E-state index contributed by atoms with van der Waals surface area (Å²) in [6, 6.07) is 3.72. The van der Waals surface area contributed by atoms with Crippen molar-refractivity contribution in [1.82, 2.24) is 9.55 Å². The zero-order valence-corrected chi connectivity index (χ0v) is 10.9. The number of alkyl halides is 3. The summed E-state index contributed by atoms with van der Waals surface area (Å²) in [6.45, 7) is 0.359. The third-order valence-electron chi connectivity index (χ3n) is 2.93. The molecular formula is C13H15F3N4. The van der Waals surface area contributed by atoms with E-state index < -0.39 is 11.7 Å². The van der Waals surface area contributed by atoms with E-state index in [1.165, 1.54) is 12.1 Å². The minimum atomic E-state index is -4.43. The first kappa shape index (κ1) is 14.2. The van der Waals surface area contributed by atoms with Crippen molar-refractivity contribution >= 4 is 11.4 Å². The van der Waals surface area contributed by atoms with E-state index in [2.05, 4.69) is 10.3 Å². The molecule has 0 saturated carbocycles. The van der Waals surface area contributed by atoms with Gasteiger partial charge >= 0.3 is 6.18 Å². The van der Waals surface area contributed by atoms with Crippen molar-refractivity contribution < 1.29 is 13.2 Å². The minimum absolute atomic E-state index is 0.0286. The topological polar surface area (TPSA) is 55.9 Å². The third kappa shape index (κ3) is 3.23. The van der Waals surface area contributed by atoms with Crippen molar-refractivity contribution in [2.75, 3.05) is 17.6 Å². The predicted molar refractivity (Wildman–Crippen MR) is 71.3 cm³/mol. The lowest BCUT2D eigenvalue weighted by molar-refractivity contribution is -0.136. The van der Waals surface area contributed by atoms with Gasteiger partial charge in [-0.25, -0.2) is 4.98 Å². The molecule has 0 aliphatic carbocycles. The molecular weight excluding hydrogens is 269 g/mol. The standard InChI is InChI=1S/C13H15F3N4/c1-20-7-6-19-12(20)4-5-18-11-3-2-9(17)8-10(11)13(14,15)16/h2-3,6-8,18H,4-5,17H2,1H3. The minimum Gasteiger partial charge on any atom is -0.399 e. The molecule has 1 aromatic carbocycles. The number of nitrogen functional groups attached to an aromatic ring is 1. The van der Waals surface area contributed by atoms with E-state index in [9.17, 15) is 13.2 Å². The molecule has 0 amide bonds. The number of benzene rings is 1. The number of imidazole rings is 1. The van der Waals surface area contributed by atoms with E-state index >= 15 is 0 Å². The van der Waals surface area contributed by atoms with Crippen molar-refractivity contribution in [1.29, 1.82) is 0 Å². The smallest absolute Gasteiger partial charge is 0.399 e. The Hall–Kier alpha value is -2.18. The molecule has 0 saturated heterocycles. The van der Waals surface area contributed by atoms with Crippen molar-refractivity contribution in [3.8, 4) is 0 Å². The number of nitrogens with two attached hydrogens (primary N) is 1. The molecule has 3 N–H and O–H groups in total. The Bertz CT molecular complexity index is 590. The highest BCUT2D eigenvalue weighted by Crippen LogP contribution is 2.35. The van der Waals surface area contributed by atoms with Crippen molar-refractivity contribution in [2.45, 2.75) is 12.6 Å². The zero-order valence-electron chi connectivity index (χ0n) is 10.9. The van der Waals surface area contributed by atoms with Gasteiger partial charge in [0.05, 0.1) is 5.56 Å². The van der Waals surface area contributed by atoms with Gasteiger partial charge in [-0.15, -0.1) is 0 Å². The molecule has 0 radical (unpaired) electrons. The van der Waals surface area contributed by atoms with E-state index in [1.54, 1.807) is 12.4 Å². The quantitative estimate of drug-likeness (QED) is 0.849. The number of nitrogens with zero attached hydrogens (tertiary/aromatic N) is 2. The zero-order chi connectivity index (χ0) is 14.8. The summed E-state index contributed by atoms with van der Waals surface area (Å²) in [5.74, 6) is 0.807. The SMILES string of the molecule is Cn1ccnc1CCNc1ccc(N)cc1C(F)(F)F. The summed E-state index contributed by atoms with van der Waals surface area (Å²) < 4.78 is 40.5. The van der Waals surface area contributed by atoms with Crippen LogP contribution in [0.2, 0.25) is 0 Å². The monoisotopic (exact) mass is 284 g/mol. The molecule has 0 aliphatic heterocycles. The number of nitrogens with one attached hydrogen (secondary N) is 1. The van der Waals surface area contributed by atoms with E-state index in [-0.39, 0.29) is 11.4 Å². The van der Waals surface area contributed by atoms with Crippen LogP contribution in [0.3, 0.4) is 0 Å². The van der Waals surface area contributed by atoms with Gasteiger partial charge in [0.1, 0.15) is 5.82 Å². The van der Waals surface area contributed by atoms with Gasteiger partial charge in [0.25, 0.3) is 0 Å². The average molecular weight is 284 g/mol. The van der Waals surface area contributed by atoms with Crippen LogP contribution in [0.15, 0.2) is 30.6 Å². The van der Waals surface area contributed by atoms with Crippen LogP contribution in [0.25, 0.3) is 0 Å². The molecule has 108 valence electrons. The van der Waals surface area contributed by atoms with Crippen LogP contribution in [-0.2, 0) is 19.6 Å². The lowest BCUT2D eigenvalue weighted by Gasteiger charge is -2.15. The highest BCUT2D eigenvalue weighted by atomic mass is 19.4. The van der Waals surface area contributed by atoms with Gasteiger partial charge < -0.3 is 15.6 Å². The van der Waals surface area contributed by atoms with E-state index in [1.807, 2.05) is 11.6 Å². The fourth-order valence-corrected chi connectivity index (χ4v) is 1.90. The van der Waals surface area contributed by atoms with Crippen LogP contribution >= 0.6 is 0 Å². The summed E-state index contributed by atoms with van der Waals surface area (Å²) in [4.78, 5) is 4.11. The second-order valence-electron chi connectivity index (χ2n) is 4.43. The van der Waals surface area contributed by atoms with Crippen LogP contribution in [0.5, 0.6) is 0 Å². The predicted octanol–water partition coefficient (Wildman–Crippen LogP) is 2.68. The van der Waals surface area contributed by atoms with Gasteiger partial charge in [0, 0.05) is 43.8 Å². The normalized spacial score (nSPS) is 11.6. The van der Waals surface area contributed by atoms with Crippen LogP contribution in [0, 0.1) is 0 Å². The molecule has 2 aromatic rings.